The average molecular weight is 692 g/mol. The summed E-state index contributed by atoms with van der Waals surface area (Å²) in [7, 11) is -3.35. The van der Waals surface area contributed by atoms with Gasteiger partial charge in [-0.05, 0) is 54.8 Å². The molecule has 4 fully saturated rings. The van der Waals surface area contributed by atoms with Crippen LogP contribution in [0.4, 0.5) is 4.79 Å². The first kappa shape index (κ1) is 37.9. The Bertz CT molecular complexity index is 1380. The van der Waals surface area contributed by atoms with Crippen molar-refractivity contribution >= 4 is 39.4 Å². The van der Waals surface area contributed by atoms with Crippen LogP contribution >= 0.6 is 0 Å². The van der Waals surface area contributed by atoms with Gasteiger partial charge in [0, 0.05) is 13.1 Å². The highest BCUT2D eigenvalue weighted by molar-refractivity contribution is 7.92. The highest BCUT2D eigenvalue weighted by Crippen LogP contribution is 2.65. The van der Waals surface area contributed by atoms with Gasteiger partial charge in [-0.1, -0.05) is 79.7 Å². The molecule has 2 aliphatic heterocycles. The zero-order chi connectivity index (χ0) is 35.7. The molecule has 4 rings (SSSR count). The summed E-state index contributed by atoms with van der Waals surface area (Å²) in [6, 6.07) is -3.53. The molecule has 2 heterocycles. The van der Waals surface area contributed by atoms with Crippen LogP contribution in [0.15, 0.2) is 12.7 Å². The van der Waals surface area contributed by atoms with Gasteiger partial charge < -0.3 is 26.2 Å². The maximum Gasteiger partial charge on any atom is 0.315 e. The molecule has 0 aromatic heterocycles. The Labute approximate surface area is 286 Å². The molecule has 0 radical (unpaired) electrons. The largest absolute Gasteiger partial charge is 0.346 e. The molecule has 48 heavy (non-hydrogen) atoms. The van der Waals surface area contributed by atoms with E-state index in [2.05, 4.69) is 41.7 Å². The molecule has 0 spiro atoms. The maximum atomic E-state index is 14.4. The van der Waals surface area contributed by atoms with Gasteiger partial charge in [0.1, 0.15) is 12.1 Å². The number of carbonyl (C=O) groups is 5. The molecule has 1 unspecified atom stereocenters. The quantitative estimate of drug-likeness (QED) is 0.170. The fourth-order valence-corrected chi connectivity index (χ4v) is 10.8. The van der Waals surface area contributed by atoms with Crippen molar-refractivity contribution in [1.29, 1.82) is 0 Å². The molecule has 5 amide bonds. The molecule has 0 aromatic rings. The summed E-state index contributed by atoms with van der Waals surface area (Å²) in [5, 5.41) is 10.6. The highest BCUT2D eigenvalue weighted by Gasteiger charge is 2.70. The van der Waals surface area contributed by atoms with Crippen molar-refractivity contribution in [1.82, 2.24) is 26.2 Å². The Morgan fingerprint density at radius 1 is 1.02 bits per heavy atom. The van der Waals surface area contributed by atoms with Gasteiger partial charge in [-0.25, -0.2) is 13.2 Å². The SMILES string of the molecule is C=CCNC(=O)C(=O)[C@H](CCCC)NC(=O)[C@@H]1C2[C@H](CN1C(=O)[C@@H](NC(=O)NC1([C@@H]3CCCS3(=O)=O)CCCCC1)C(C)(C)C)C2(C)C. The second-order valence-electron chi connectivity index (χ2n) is 16.1. The van der Waals surface area contributed by atoms with Crippen LogP contribution in [0.2, 0.25) is 0 Å². The lowest BCUT2D eigenvalue weighted by Gasteiger charge is -2.43. The molecule has 4 aliphatic rings. The van der Waals surface area contributed by atoms with Crippen molar-refractivity contribution < 1.29 is 32.4 Å². The summed E-state index contributed by atoms with van der Waals surface area (Å²) in [6.07, 6.45) is 7.93. The maximum absolute atomic E-state index is 14.4. The van der Waals surface area contributed by atoms with E-state index in [9.17, 15) is 32.4 Å². The fourth-order valence-electron chi connectivity index (χ4n) is 8.49. The first-order valence-corrected chi connectivity index (χ1v) is 19.5. The molecule has 2 saturated heterocycles. The van der Waals surface area contributed by atoms with Crippen molar-refractivity contribution in [3.05, 3.63) is 12.7 Å². The van der Waals surface area contributed by atoms with Crippen LogP contribution in [0.25, 0.3) is 0 Å². The Morgan fingerprint density at radius 2 is 1.69 bits per heavy atom. The minimum atomic E-state index is -3.35. The van der Waals surface area contributed by atoms with Crippen molar-refractivity contribution in [3.63, 3.8) is 0 Å². The number of nitrogens with zero attached hydrogens (tertiary/aromatic N) is 1. The third-order valence-electron chi connectivity index (χ3n) is 11.3. The van der Waals surface area contributed by atoms with Crippen molar-refractivity contribution in [2.45, 2.75) is 135 Å². The molecule has 13 heteroatoms. The average Bonchev–Trinajstić information content (AvgIpc) is 3.33. The third-order valence-corrected chi connectivity index (χ3v) is 13.7. The molecule has 2 saturated carbocycles. The predicted molar refractivity (Wildman–Crippen MR) is 183 cm³/mol. The molecular formula is C35H57N5O7S. The number of urea groups is 1. The lowest BCUT2D eigenvalue weighted by atomic mass is 9.78. The minimum absolute atomic E-state index is 0.0606. The summed E-state index contributed by atoms with van der Waals surface area (Å²) in [4.78, 5) is 69.4. The van der Waals surface area contributed by atoms with Crippen molar-refractivity contribution in [2.75, 3.05) is 18.8 Å². The van der Waals surface area contributed by atoms with Crippen LogP contribution < -0.4 is 21.3 Å². The number of piperidine rings is 1. The molecule has 6 atom stereocenters. The first-order chi connectivity index (χ1) is 22.4. The normalized spacial score (nSPS) is 27.9. The number of Topliss-reactive ketones (excluding diaryl/α,β-unsaturated/α-hetero) is 1. The fraction of sp³-hybridized carbons (Fsp3) is 0.800. The Balaban J connectivity index is 1.55. The molecule has 4 N–H and O–H groups in total. The van der Waals surface area contributed by atoms with Crippen LogP contribution in [0.3, 0.4) is 0 Å². The van der Waals surface area contributed by atoms with Gasteiger partial charge >= 0.3 is 6.03 Å². The van der Waals surface area contributed by atoms with E-state index in [1.807, 2.05) is 27.7 Å². The van der Waals surface area contributed by atoms with E-state index in [-0.39, 0.29) is 36.0 Å². The summed E-state index contributed by atoms with van der Waals surface area (Å²) in [5.41, 5.74) is -1.84. The van der Waals surface area contributed by atoms with E-state index < -0.39 is 73.7 Å². The van der Waals surface area contributed by atoms with Crippen molar-refractivity contribution in [2.24, 2.45) is 22.7 Å². The Kier molecular flexibility index (Phi) is 11.4. The minimum Gasteiger partial charge on any atom is -0.346 e. The number of sulfone groups is 1. The summed E-state index contributed by atoms with van der Waals surface area (Å²) >= 11 is 0. The number of nitrogens with one attached hydrogen (secondary N) is 4. The molecular weight excluding hydrogens is 634 g/mol. The standard InChI is InChI=1S/C35H57N5O7S/c1-8-10-15-23(27(41)30(43)36-19-9-2)37-29(42)26-25-22(34(25,6)7)21-40(26)31(44)28(33(3,4)5)38-32(45)39-35(17-12-11-13-18-35)24-16-14-20-48(24,46)47/h9,22-26,28H,2,8,10-21H2,1,3-7H3,(H,36,43)(H,37,42)(H2,38,39,45)/t22-,23-,24-,25?,26-,28+/m0/s1. The van der Waals surface area contributed by atoms with Crippen molar-refractivity contribution in [3.8, 4) is 0 Å². The number of rotatable bonds is 13. The van der Waals surface area contributed by atoms with E-state index >= 15 is 0 Å². The van der Waals surface area contributed by atoms with Gasteiger partial charge in [0.25, 0.3) is 5.91 Å². The second-order valence-corrected chi connectivity index (χ2v) is 18.4. The zero-order valence-corrected chi connectivity index (χ0v) is 30.5. The first-order valence-electron chi connectivity index (χ1n) is 17.8. The smallest absolute Gasteiger partial charge is 0.315 e. The topological polar surface area (TPSA) is 171 Å². The number of amides is 5. The molecule has 0 bridgehead atoms. The Morgan fingerprint density at radius 3 is 2.25 bits per heavy atom. The number of carbonyl (C=O) groups excluding carboxylic acids is 5. The van der Waals surface area contributed by atoms with Gasteiger partial charge in [0.05, 0.1) is 22.6 Å². The second kappa shape index (κ2) is 14.5. The molecule has 12 nitrogen and oxygen atoms in total. The van der Waals surface area contributed by atoms with Crippen LogP contribution in [0.1, 0.15) is 106 Å². The zero-order valence-electron chi connectivity index (χ0n) is 29.7. The highest BCUT2D eigenvalue weighted by atomic mass is 32.2. The number of hydrogen-bond donors (Lipinski definition) is 4. The molecule has 270 valence electrons. The van der Waals surface area contributed by atoms with Crippen LogP contribution in [-0.2, 0) is 29.0 Å². The van der Waals surface area contributed by atoms with Crippen LogP contribution in [0.5, 0.6) is 0 Å². The lowest BCUT2D eigenvalue weighted by Crippen LogP contribution is -2.65. The number of unbranched alkanes of at least 4 members (excludes halogenated alkanes) is 1. The van der Waals surface area contributed by atoms with Gasteiger partial charge in [-0.15, -0.1) is 6.58 Å². The Hall–Kier alpha value is -2.96. The van der Waals surface area contributed by atoms with Gasteiger partial charge in [-0.3, -0.25) is 19.2 Å². The van der Waals surface area contributed by atoms with Crippen LogP contribution in [-0.4, -0.2) is 90.6 Å². The predicted octanol–water partition coefficient (Wildman–Crippen LogP) is 3.01. The van der Waals surface area contributed by atoms with Gasteiger partial charge in [-0.2, -0.15) is 0 Å². The lowest BCUT2D eigenvalue weighted by molar-refractivity contribution is -0.145. The molecule has 2 aliphatic carbocycles. The van der Waals surface area contributed by atoms with Gasteiger partial charge in [0.2, 0.25) is 17.6 Å². The number of hydrogen-bond acceptors (Lipinski definition) is 7. The monoisotopic (exact) mass is 691 g/mol. The van der Waals surface area contributed by atoms with E-state index in [1.54, 1.807) is 0 Å². The van der Waals surface area contributed by atoms with Crippen LogP contribution in [0, 0.1) is 22.7 Å². The van der Waals surface area contributed by atoms with Gasteiger partial charge in [0.15, 0.2) is 9.84 Å². The summed E-state index contributed by atoms with van der Waals surface area (Å²) in [5.74, 6) is -2.41. The third kappa shape index (κ3) is 7.75. The number of ketones is 1. The summed E-state index contributed by atoms with van der Waals surface area (Å²) < 4.78 is 26.1. The summed E-state index contributed by atoms with van der Waals surface area (Å²) in [6.45, 7) is 15.6. The molecule has 0 aromatic carbocycles. The number of fused-ring (bicyclic) bond motifs is 1. The van der Waals surface area contributed by atoms with E-state index in [0.717, 1.165) is 25.7 Å². The van der Waals surface area contributed by atoms with E-state index in [0.29, 0.717) is 38.6 Å². The van der Waals surface area contributed by atoms with E-state index in [4.69, 9.17) is 0 Å². The van der Waals surface area contributed by atoms with E-state index in [1.165, 1.54) is 11.0 Å². The number of likely N-dealkylation sites (tertiary alicyclic amines) is 1.